The van der Waals surface area contributed by atoms with Crippen LogP contribution in [0.25, 0.3) is 0 Å². The van der Waals surface area contributed by atoms with E-state index in [0.29, 0.717) is 18.2 Å². The van der Waals surface area contributed by atoms with Gasteiger partial charge in [0.2, 0.25) is 5.88 Å². The minimum absolute atomic E-state index is 0.0541. The molecule has 0 saturated heterocycles. The van der Waals surface area contributed by atoms with Crippen LogP contribution in [0.3, 0.4) is 0 Å². The number of esters is 1. The molecule has 0 saturated carbocycles. The van der Waals surface area contributed by atoms with Crippen molar-refractivity contribution < 1.29 is 18.7 Å². The summed E-state index contributed by atoms with van der Waals surface area (Å²) in [6.07, 6.45) is 2.29. The molecule has 0 aliphatic carbocycles. The molecule has 104 valence electrons. The number of carbonyl (C=O) groups excluding carboxylic acids is 1. The van der Waals surface area contributed by atoms with Crippen molar-refractivity contribution in [3.63, 3.8) is 0 Å². The smallest absolute Gasteiger partial charge is 0.341 e. The van der Waals surface area contributed by atoms with Gasteiger partial charge in [0.25, 0.3) is 0 Å². The lowest BCUT2D eigenvalue weighted by molar-refractivity contribution is 0.0461. The number of halogens is 1. The normalized spacial score (nSPS) is 10.1. The zero-order valence-corrected chi connectivity index (χ0v) is 10.9. The highest BCUT2D eigenvalue weighted by Crippen LogP contribution is 2.11. The number of nitrogens with zero attached hydrogens (tertiary/aromatic N) is 2. The maximum Gasteiger partial charge on any atom is 0.341 e. The molecule has 0 N–H and O–H groups in total. The molecule has 0 bridgehead atoms. The number of pyridine rings is 2. The van der Waals surface area contributed by atoms with Gasteiger partial charge in [0.15, 0.2) is 5.82 Å². The Morgan fingerprint density at radius 3 is 2.95 bits per heavy atom. The Labute approximate surface area is 115 Å². The molecule has 0 aliphatic rings. The average molecular weight is 276 g/mol. The van der Waals surface area contributed by atoms with Crippen LogP contribution in [-0.4, -0.2) is 22.5 Å². The first-order chi connectivity index (χ1) is 9.70. The second-order valence-electron chi connectivity index (χ2n) is 3.83. The first-order valence-corrected chi connectivity index (χ1v) is 6.06. The van der Waals surface area contributed by atoms with Crippen LogP contribution in [0.1, 0.15) is 23.0 Å². The van der Waals surface area contributed by atoms with Crippen molar-refractivity contribution >= 4 is 5.97 Å². The number of rotatable bonds is 5. The molecule has 0 unspecified atom stereocenters. The van der Waals surface area contributed by atoms with E-state index in [1.54, 1.807) is 18.2 Å². The average Bonchev–Trinajstić information content (AvgIpc) is 2.46. The van der Waals surface area contributed by atoms with Crippen molar-refractivity contribution in [2.75, 3.05) is 6.61 Å². The van der Waals surface area contributed by atoms with E-state index in [-0.39, 0.29) is 12.2 Å². The monoisotopic (exact) mass is 276 g/mol. The van der Waals surface area contributed by atoms with Gasteiger partial charge < -0.3 is 9.47 Å². The summed E-state index contributed by atoms with van der Waals surface area (Å²) in [5, 5.41) is 0. The molecule has 0 aromatic carbocycles. The fraction of sp³-hybridized carbons (Fsp3) is 0.214. The molecule has 2 rings (SSSR count). The molecular formula is C14H13FN2O3. The third kappa shape index (κ3) is 3.50. The number of aromatic nitrogens is 2. The lowest BCUT2D eigenvalue weighted by Gasteiger charge is -2.06. The van der Waals surface area contributed by atoms with Gasteiger partial charge in [0, 0.05) is 12.3 Å². The first kappa shape index (κ1) is 13.9. The van der Waals surface area contributed by atoms with Crippen LogP contribution in [-0.2, 0) is 11.3 Å². The molecule has 0 radical (unpaired) electrons. The van der Waals surface area contributed by atoms with Crippen molar-refractivity contribution in [2.45, 2.75) is 13.5 Å². The number of hydrogen-bond donors (Lipinski definition) is 0. The largest absolute Gasteiger partial charge is 0.478 e. The third-order valence-corrected chi connectivity index (χ3v) is 2.42. The summed E-state index contributed by atoms with van der Waals surface area (Å²) < 4.78 is 23.6. The second kappa shape index (κ2) is 6.60. The number of hydrogen-bond acceptors (Lipinski definition) is 5. The Balaban J connectivity index is 2.00. The third-order valence-electron chi connectivity index (χ3n) is 2.42. The van der Waals surface area contributed by atoms with E-state index in [4.69, 9.17) is 9.47 Å². The summed E-state index contributed by atoms with van der Waals surface area (Å²) in [5.74, 6) is -1.02. The number of carbonyl (C=O) groups is 1. The Bertz CT molecular complexity index is 604. The Morgan fingerprint density at radius 2 is 2.20 bits per heavy atom. The van der Waals surface area contributed by atoms with E-state index in [9.17, 15) is 9.18 Å². The molecule has 0 amide bonds. The molecule has 0 spiro atoms. The minimum atomic E-state index is -0.756. The molecule has 20 heavy (non-hydrogen) atoms. The van der Waals surface area contributed by atoms with Crippen molar-refractivity contribution in [1.82, 2.24) is 9.97 Å². The topological polar surface area (TPSA) is 61.3 Å². The van der Waals surface area contributed by atoms with E-state index in [2.05, 4.69) is 9.97 Å². The molecule has 0 atom stereocenters. The number of ether oxygens (including phenoxy) is 2. The molecule has 6 heteroatoms. The van der Waals surface area contributed by atoms with Crippen LogP contribution in [0.15, 0.2) is 36.7 Å². The SMILES string of the molecule is CCOc1cccc(COC(=O)c2ccncc2F)n1. The first-order valence-electron chi connectivity index (χ1n) is 6.06. The molecule has 2 aromatic heterocycles. The minimum Gasteiger partial charge on any atom is -0.478 e. The highest BCUT2D eigenvalue weighted by atomic mass is 19.1. The van der Waals surface area contributed by atoms with Crippen LogP contribution < -0.4 is 4.74 Å². The molecule has 0 fully saturated rings. The Hall–Kier alpha value is -2.50. The van der Waals surface area contributed by atoms with E-state index in [0.717, 1.165) is 6.20 Å². The summed E-state index contributed by atoms with van der Waals surface area (Å²) in [6, 6.07) is 6.41. The van der Waals surface area contributed by atoms with Gasteiger partial charge in [-0.2, -0.15) is 0 Å². The summed E-state index contributed by atoms with van der Waals surface area (Å²) in [5.41, 5.74) is 0.375. The van der Waals surface area contributed by atoms with Crippen LogP contribution in [0.2, 0.25) is 0 Å². The standard InChI is InChI=1S/C14H13FN2O3/c1-2-19-13-5-3-4-10(17-13)9-20-14(18)11-6-7-16-8-12(11)15/h3-8H,2,9H2,1H3. The fourth-order valence-corrected chi connectivity index (χ4v) is 1.52. The Morgan fingerprint density at radius 1 is 1.35 bits per heavy atom. The van der Waals surface area contributed by atoms with Crippen LogP contribution in [0, 0.1) is 5.82 Å². The van der Waals surface area contributed by atoms with Gasteiger partial charge >= 0.3 is 5.97 Å². The van der Waals surface area contributed by atoms with E-state index < -0.39 is 11.8 Å². The van der Waals surface area contributed by atoms with Gasteiger partial charge in [-0.1, -0.05) is 6.07 Å². The zero-order chi connectivity index (χ0) is 14.4. The quantitative estimate of drug-likeness (QED) is 0.784. The molecule has 2 aromatic rings. The maximum absolute atomic E-state index is 13.3. The lowest BCUT2D eigenvalue weighted by atomic mass is 10.2. The molecule has 5 nitrogen and oxygen atoms in total. The maximum atomic E-state index is 13.3. The van der Waals surface area contributed by atoms with Gasteiger partial charge in [0.05, 0.1) is 24.1 Å². The highest BCUT2D eigenvalue weighted by Gasteiger charge is 2.13. The molecular weight excluding hydrogens is 263 g/mol. The summed E-state index contributed by atoms with van der Waals surface area (Å²) >= 11 is 0. The van der Waals surface area contributed by atoms with Crippen molar-refractivity contribution in [3.05, 3.63) is 53.7 Å². The molecule has 2 heterocycles. The van der Waals surface area contributed by atoms with Gasteiger partial charge in [0.1, 0.15) is 6.61 Å². The molecule has 0 aliphatic heterocycles. The van der Waals surface area contributed by atoms with Crippen LogP contribution in [0.4, 0.5) is 4.39 Å². The van der Waals surface area contributed by atoms with E-state index >= 15 is 0 Å². The highest BCUT2D eigenvalue weighted by molar-refractivity contribution is 5.89. The zero-order valence-electron chi connectivity index (χ0n) is 10.9. The van der Waals surface area contributed by atoms with Gasteiger partial charge in [-0.25, -0.2) is 14.2 Å². The van der Waals surface area contributed by atoms with Crippen LogP contribution >= 0.6 is 0 Å². The summed E-state index contributed by atoms with van der Waals surface area (Å²) in [7, 11) is 0. The van der Waals surface area contributed by atoms with E-state index in [1.807, 2.05) is 6.92 Å². The summed E-state index contributed by atoms with van der Waals surface area (Å²) in [6.45, 7) is 2.29. The predicted molar refractivity (Wildman–Crippen MR) is 68.7 cm³/mol. The van der Waals surface area contributed by atoms with Crippen molar-refractivity contribution in [3.8, 4) is 5.88 Å². The van der Waals surface area contributed by atoms with E-state index in [1.165, 1.54) is 12.3 Å². The summed E-state index contributed by atoms with van der Waals surface area (Å²) in [4.78, 5) is 19.4. The predicted octanol–water partition coefficient (Wildman–Crippen LogP) is 2.37. The van der Waals surface area contributed by atoms with Gasteiger partial charge in [-0.15, -0.1) is 0 Å². The van der Waals surface area contributed by atoms with Gasteiger partial charge in [-0.3, -0.25) is 4.98 Å². The van der Waals surface area contributed by atoms with Crippen molar-refractivity contribution in [2.24, 2.45) is 0 Å². The fourth-order valence-electron chi connectivity index (χ4n) is 1.52. The van der Waals surface area contributed by atoms with Crippen LogP contribution in [0.5, 0.6) is 5.88 Å². The van der Waals surface area contributed by atoms with Crippen molar-refractivity contribution in [1.29, 1.82) is 0 Å². The second-order valence-corrected chi connectivity index (χ2v) is 3.83. The van der Waals surface area contributed by atoms with Gasteiger partial charge in [-0.05, 0) is 19.1 Å². The lowest BCUT2D eigenvalue weighted by Crippen LogP contribution is -2.08. The Kier molecular flexibility index (Phi) is 4.60.